The van der Waals surface area contributed by atoms with E-state index in [0.29, 0.717) is 12.1 Å². The molecule has 0 spiro atoms. The van der Waals surface area contributed by atoms with Crippen LogP contribution >= 0.6 is 34.8 Å². The van der Waals surface area contributed by atoms with E-state index in [4.69, 9.17) is 39.9 Å². The molecule has 0 aromatic heterocycles. The maximum atomic E-state index is 12.3. The second-order valence-electron chi connectivity index (χ2n) is 7.86. The van der Waals surface area contributed by atoms with E-state index in [1.54, 1.807) is 12.1 Å². The molecule has 0 fully saturated rings. The van der Waals surface area contributed by atoms with Gasteiger partial charge in [0.25, 0.3) is 0 Å². The highest BCUT2D eigenvalue weighted by atomic mass is 35.6. The molecule has 0 aliphatic carbocycles. The number of hydrogen-bond donors (Lipinski definition) is 3. The average molecular weight is 494 g/mol. The average Bonchev–Trinajstić information content (AvgIpc) is 2.71. The summed E-state index contributed by atoms with van der Waals surface area (Å²) in [6, 6.07) is 6.10. The first-order valence-electron chi connectivity index (χ1n) is 11.2. The number of carbonyl (C=O) groups excluding carboxylic acids is 1. The minimum Gasteiger partial charge on any atom is -0.478 e. The topological polar surface area (TPSA) is 78.4 Å². The van der Waals surface area contributed by atoms with Gasteiger partial charge in [-0.25, -0.2) is 4.79 Å². The predicted octanol–water partition coefficient (Wildman–Crippen LogP) is 7.31. The van der Waals surface area contributed by atoms with Crippen molar-refractivity contribution in [1.29, 1.82) is 0 Å². The van der Waals surface area contributed by atoms with E-state index >= 15 is 0 Å². The first-order chi connectivity index (χ1) is 14.7. The van der Waals surface area contributed by atoms with E-state index in [2.05, 4.69) is 17.6 Å². The molecule has 1 amide bonds. The van der Waals surface area contributed by atoms with Gasteiger partial charge in [0.2, 0.25) is 9.70 Å². The van der Waals surface area contributed by atoms with E-state index in [0.717, 1.165) is 19.3 Å². The number of hydrogen-bond acceptors (Lipinski definition) is 3. The number of carboxylic acids is 1. The molecule has 0 bridgehead atoms. The number of carboxylic acid groups (broad SMARTS) is 1. The van der Waals surface area contributed by atoms with Gasteiger partial charge in [-0.15, -0.1) is 0 Å². The molecule has 8 heteroatoms. The van der Waals surface area contributed by atoms with Crippen molar-refractivity contribution < 1.29 is 14.7 Å². The van der Waals surface area contributed by atoms with Gasteiger partial charge in [0.1, 0.15) is 6.17 Å². The minimum atomic E-state index is -1.80. The first kappa shape index (κ1) is 27.9. The molecule has 0 heterocycles. The molecule has 1 rings (SSSR count). The molecular formula is C23H35Cl3N2O3. The van der Waals surface area contributed by atoms with Crippen molar-refractivity contribution in [3.8, 4) is 0 Å². The molecule has 1 aromatic rings. The lowest BCUT2D eigenvalue weighted by Gasteiger charge is -2.27. The number of nitrogens with one attached hydrogen (secondary N) is 2. The summed E-state index contributed by atoms with van der Waals surface area (Å²) < 4.78 is -1.80. The number of benzene rings is 1. The summed E-state index contributed by atoms with van der Waals surface area (Å²) in [6.07, 6.45) is 12.7. The van der Waals surface area contributed by atoms with E-state index in [1.165, 1.54) is 63.5 Å². The Morgan fingerprint density at radius 2 is 1.48 bits per heavy atom. The van der Waals surface area contributed by atoms with E-state index in [9.17, 15) is 9.59 Å². The fourth-order valence-electron chi connectivity index (χ4n) is 3.29. The van der Waals surface area contributed by atoms with Gasteiger partial charge in [-0.1, -0.05) is 112 Å². The van der Waals surface area contributed by atoms with E-state index in [-0.39, 0.29) is 11.5 Å². The van der Waals surface area contributed by atoms with Crippen molar-refractivity contribution in [2.75, 3.05) is 5.32 Å². The highest BCUT2D eigenvalue weighted by molar-refractivity contribution is 6.68. The fourth-order valence-corrected chi connectivity index (χ4v) is 3.62. The lowest BCUT2D eigenvalue weighted by Crippen LogP contribution is -2.49. The van der Waals surface area contributed by atoms with Crippen molar-refractivity contribution in [3.63, 3.8) is 0 Å². The largest absolute Gasteiger partial charge is 0.478 e. The summed E-state index contributed by atoms with van der Waals surface area (Å²) in [5.41, 5.74) is 0.534. The molecule has 31 heavy (non-hydrogen) atoms. The van der Waals surface area contributed by atoms with Crippen LogP contribution in [0.5, 0.6) is 0 Å². The van der Waals surface area contributed by atoms with Gasteiger partial charge < -0.3 is 15.7 Å². The van der Waals surface area contributed by atoms with Crippen LogP contribution in [0.15, 0.2) is 24.3 Å². The van der Waals surface area contributed by atoms with Gasteiger partial charge >= 0.3 is 5.97 Å². The molecule has 1 atom stereocenters. The van der Waals surface area contributed by atoms with E-state index in [1.807, 2.05) is 0 Å². The summed E-state index contributed by atoms with van der Waals surface area (Å²) in [5.74, 6) is -1.27. The Hall–Kier alpha value is -1.17. The number of halogens is 3. The van der Waals surface area contributed by atoms with Crippen LogP contribution in [0, 0.1) is 0 Å². The van der Waals surface area contributed by atoms with Crippen LogP contribution in [-0.4, -0.2) is 26.9 Å². The molecule has 3 N–H and O–H groups in total. The Morgan fingerprint density at radius 3 is 2.00 bits per heavy atom. The lowest BCUT2D eigenvalue weighted by atomic mass is 10.1. The third kappa shape index (κ3) is 13.1. The standard InChI is InChI=1S/C23H35Cl3N2O3/c1-2-3-4-5-6-7-8-9-10-11-12-16-20(29)28-22(23(24,25)26)27-19-15-13-14-18(17-19)21(30)31/h13-15,17,22,27H,2-12,16H2,1H3,(H,28,29)(H,30,31)/t22-/m0/s1. The second kappa shape index (κ2) is 15.6. The molecule has 5 nitrogen and oxygen atoms in total. The molecule has 1 aromatic carbocycles. The number of anilines is 1. The molecular weight excluding hydrogens is 459 g/mol. The van der Waals surface area contributed by atoms with Crippen molar-refractivity contribution in [2.24, 2.45) is 0 Å². The van der Waals surface area contributed by atoms with Crippen molar-refractivity contribution in [2.45, 2.75) is 93.9 Å². The zero-order chi connectivity index (χ0) is 23.1. The van der Waals surface area contributed by atoms with Gasteiger partial charge in [-0.2, -0.15) is 0 Å². The number of carbonyl (C=O) groups is 2. The minimum absolute atomic E-state index is 0.0975. The maximum absolute atomic E-state index is 12.3. The van der Waals surface area contributed by atoms with Crippen molar-refractivity contribution >= 4 is 52.4 Å². The maximum Gasteiger partial charge on any atom is 0.335 e. The highest BCUT2D eigenvalue weighted by Crippen LogP contribution is 2.31. The van der Waals surface area contributed by atoms with Gasteiger partial charge in [-0.05, 0) is 24.6 Å². The van der Waals surface area contributed by atoms with Gasteiger partial charge in [0.15, 0.2) is 0 Å². The molecule has 0 aliphatic rings. The summed E-state index contributed by atoms with van der Waals surface area (Å²) in [6.45, 7) is 2.23. The van der Waals surface area contributed by atoms with E-state index < -0.39 is 15.9 Å². The van der Waals surface area contributed by atoms with Crippen molar-refractivity contribution in [3.05, 3.63) is 29.8 Å². The summed E-state index contributed by atoms with van der Waals surface area (Å²) in [7, 11) is 0. The van der Waals surface area contributed by atoms with Crippen LogP contribution in [-0.2, 0) is 4.79 Å². The second-order valence-corrected chi connectivity index (χ2v) is 10.2. The summed E-state index contributed by atoms with van der Waals surface area (Å²) >= 11 is 18.0. The number of alkyl halides is 3. The zero-order valence-electron chi connectivity index (χ0n) is 18.3. The van der Waals surface area contributed by atoms with Gasteiger partial charge in [0, 0.05) is 12.1 Å². The number of amides is 1. The molecule has 0 unspecified atom stereocenters. The summed E-state index contributed by atoms with van der Waals surface area (Å²) in [4.78, 5) is 23.4. The quantitative estimate of drug-likeness (QED) is 0.128. The number of rotatable bonds is 16. The molecule has 0 saturated heterocycles. The van der Waals surface area contributed by atoms with Crippen LogP contribution in [0.1, 0.15) is 94.3 Å². The van der Waals surface area contributed by atoms with Crippen LogP contribution in [0.2, 0.25) is 0 Å². The highest BCUT2D eigenvalue weighted by Gasteiger charge is 2.34. The first-order valence-corrected chi connectivity index (χ1v) is 12.3. The third-order valence-electron chi connectivity index (χ3n) is 5.06. The molecule has 0 saturated carbocycles. The normalized spacial score (nSPS) is 12.4. The van der Waals surface area contributed by atoms with Crippen LogP contribution in [0.3, 0.4) is 0 Å². The summed E-state index contributed by atoms with van der Waals surface area (Å²) in [5, 5.41) is 14.7. The molecule has 0 radical (unpaired) electrons. The Bertz CT molecular complexity index is 666. The molecule has 0 aliphatic heterocycles. The zero-order valence-corrected chi connectivity index (χ0v) is 20.5. The van der Waals surface area contributed by atoms with Crippen molar-refractivity contribution in [1.82, 2.24) is 5.32 Å². The number of aromatic carboxylic acids is 1. The Balaban J connectivity index is 2.30. The monoisotopic (exact) mass is 492 g/mol. The Kier molecular flexibility index (Phi) is 14.0. The van der Waals surface area contributed by atoms with Crippen LogP contribution < -0.4 is 10.6 Å². The molecule has 176 valence electrons. The lowest BCUT2D eigenvalue weighted by molar-refractivity contribution is -0.121. The van der Waals surface area contributed by atoms with Gasteiger partial charge in [0.05, 0.1) is 5.56 Å². The van der Waals surface area contributed by atoms with Gasteiger partial charge in [-0.3, -0.25) is 4.79 Å². The Labute approximate surface area is 201 Å². The van der Waals surface area contributed by atoms with Crippen LogP contribution in [0.25, 0.3) is 0 Å². The van der Waals surface area contributed by atoms with Crippen LogP contribution in [0.4, 0.5) is 5.69 Å². The Morgan fingerprint density at radius 1 is 0.935 bits per heavy atom. The third-order valence-corrected chi connectivity index (χ3v) is 5.72. The number of unbranched alkanes of at least 4 members (excludes halogenated alkanes) is 10. The smallest absolute Gasteiger partial charge is 0.335 e. The SMILES string of the molecule is CCCCCCCCCCCCCC(=O)N[C@H](Nc1cccc(C(=O)O)c1)C(Cl)(Cl)Cl. The fraction of sp³-hybridized carbons (Fsp3) is 0.652. The predicted molar refractivity (Wildman–Crippen MR) is 130 cm³/mol.